The summed E-state index contributed by atoms with van der Waals surface area (Å²) in [6, 6.07) is 0. The summed E-state index contributed by atoms with van der Waals surface area (Å²) >= 11 is 13.3. The molecule has 1 fully saturated rings. The van der Waals surface area contributed by atoms with Crippen LogP contribution >= 0.6 is 63.7 Å². The van der Waals surface area contributed by atoms with Gasteiger partial charge in [0.15, 0.2) is 6.10 Å². The van der Waals surface area contributed by atoms with E-state index in [1.54, 1.807) is 0 Å². The summed E-state index contributed by atoms with van der Waals surface area (Å²) < 4.78 is 11.1. The minimum atomic E-state index is -0.406. The third-order valence-corrected chi connectivity index (χ3v) is 7.31. The van der Waals surface area contributed by atoms with E-state index in [2.05, 4.69) is 63.7 Å². The third kappa shape index (κ3) is 9.04. The van der Waals surface area contributed by atoms with Crippen molar-refractivity contribution < 1.29 is 24.0 Å². The lowest BCUT2D eigenvalue weighted by Gasteiger charge is -2.28. The van der Waals surface area contributed by atoms with Crippen LogP contribution in [0.25, 0.3) is 0 Å². The highest BCUT2D eigenvalue weighted by Gasteiger charge is 2.28. The van der Waals surface area contributed by atoms with E-state index in [0.717, 1.165) is 13.1 Å². The van der Waals surface area contributed by atoms with Gasteiger partial charge in [-0.15, -0.1) is 0 Å². The molecule has 0 aliphatic carbocycles. The third-order valence-electron chi connectivity index (χ3n) is 4.18. The van der Waals surface area contributed by atoms with Crippen LogP contribution in [0.3, 0.4) is 0 Å². The number of hydrogen-bond donors (Lipinski definition) is 1. The molecule has 1 N–H and O–H groups in total. The minimum Gasteiger partial charge on any atom is -0.461 e. The zero-order chi connectivity index (χ0) is 18.7. The van der Waals surface area contributed by atoms with Crippen molar-refractivity contribution in [2.75, 3.05) is 47.6 Å². The Hall–Kier alpha value is 0.820. The minimum absolute atomic E-state index is 0.113. The lowest BCUT2D eigenvalue weighted by molar-refractivity contribution is -0.907. The number of likely N-dealkylation sites (tertiary alicyclic amines) is 1. The summed E-state index contributed by atoms with van der Waals surface area (Å²) in [5.41, 5.74) is 0. The van der Waals surface area contributed by atoms with Crippen LogP contribution in [-0.4, -0.2) is 65.6 Å². The van der Waals surface area contributed by atoms with Crippen molar-refractivity contribution in [1.82, 2.24) is 0 Å². The summed E-state index contributed by atoms with van der Waals surface area (Å²) in [6.07, 6.45) is 3.24. The molecule has 0 amide bonds. The number of carbonyl (C=O) groups is 2. The number of halogens is 4. The van der Waals surface area contributed by atoms with E-state index in [1.165, 1.54) is 24.2 Å². The lowest BCUT2D eigenvalue weighted by atomic mass is 10.1. The van der Waals surface area contributed by atoms with Crippen molar-refractivity contribution in [2.45, 2.75) is 25.4 Å². The molecule has 1 aliphatic heterocycles. The number of alkyl halides is 4. The fourth-order valence-corrected chi connectivity index (χ4v) is 5.80. The van der Waals surface area contributed by atoms with Crippen LogP contribution in [0.1, 0.15) is 19.3 Å². The summed E-state index contributed by atoms with van der Waals surface area (Å²) in [7, 11) is 0. The molecular weight excluding hydrogens is 590 g/mol. The predicted molar refractivity (Wildman–Crippen MR) is 112 cm³/mol. The molecule has 1 atom stereocenters. The van der Waals surface area contributed by atoms with Gasteiger partial charge in [0, 0.05) is 21.3 Å². The number of piperidine rings is 1. The Balaban J connectivity index is 2.62. The summed E-state index contributed by atoms with van der Waals surface area (Å²) in [6.45, 7) is 2.95. The zero-order valence-electron chi connectivity index (χ0n) is 14.2. The molecule has 0 aromatic heterocycles. The molecular formula is C16H26Br4NO4+. The van der Waals surface area contributed by atoms with E-state index in [-0.39, 0.29) is 30.4 Å². The molecule has 0 aromatic rings. The fourth-order valence-electron chi connectivity index (χ4n) is 2.60. The SMILES string of the molecule is O=C(OCC(C[NH+]1CCCCC1)OC(=O)C(CBr)CBr)C(CBr)CBr. The molecule has 146 valence electrons. The molecule has 0 radical (unpaired) electrons. The second-order valence-electron chi connectivity index (χ2n) is 6.21. The average Bonchev–Trinajstić information content (AvgIpc) is 2.62. The molecule has 1 unspecified atom stereocenters. The number of ether oxygens (including phenoxy) is 2. The summed E-state index contributed by atoms with van der Waals surface area (Å²) in [4.78, 5) is 25.8. The van der Waals surface area contributed by atoms with Crippen molar-refractivity contribution in [3.05, 3.63) is 0 Å². The van der Waals surface area contributed by atoms with Gasteiger partial charge in [-0.1, -0.05) is 63.7 Å². The van der Waals surface area contributed by atoms with Gasteiger partial charge in [0.2, 0.25) is 0 Å². The van der Waals surface area contributed by atoms with Crippen LogP contribution in [0.2, 0.25) is 0 Å². The highest BCUT2D eigenvalue weighted by molar-refractivity contribution is 9.10. The van der Waals surface area contributed by atoms with Gasteiger partial charge >= 0.3 is 11.9 Å². The number of nitrogens with one attached hydrogen (secondary N) is 1. The van der Waals surface area contributed by atoms with E-state index in [0.29, 0.717) is 27.9 Å². The van der Waals surface area contributed by atoms with E-state index in [1.807, 2.05) is 0 Å². The Morgan fingerprint density at radius 3 is 1.88 bits per heavy atom. The van der Waals surface area contributed by atoms with Gasteiger partial charge < -0.3 is 14.4 Å². The smallest absolute Gasteiger partial charge is 0.311 e. The quantitative estimate of drug-likeness (QED) is 0.287. The first-order valence-corrected chi connectivity index (χ1v) is 13.0. The van der Waals surface area contributed by atoms with Gasteiger partial charge in [-0.3, -0.25) is 9.59 Å². The summed E-state index contributed by atoms with van der Waals surface area (Å²) in [5.74, 6) is -1.02. The van der Waals surface area contributed by atoms with E-state index < -0.39 is 6.10 Å². The molecule has 0 saturated carbocycles. The maximum atomic E-state index is 12.3. The molecule has 1 rings (SSSR count). The molecule has 0 aromatic carbocycles. The Labute approximate surface area is 183 Å². The second kappa shape index (κ2) is 13.9. The number of hydrogen-bond acceptors (Lipinski definition) is 4. The van der Waals surface area contributed by atoms with Crippen molar-refractivity contribution in [3.63, 3.8) is 0 Å². The molecule has 25 heavy (non-hydrogen) atoms. The monoisotopic (exact) mass is 612 g/mol. The largest absolute Gasteiger partial charge is 0.461 e. The van der Waals surface area contributed by atoms with Gasteiger partial charge in [-0.05, 0) is 19.3 Å². The zero-order valence-corrected chi connectivity index (χ0v) is 20.5. The average molecular weight is 616 g/mol. The van der Waals surface area contributed by atoms with Gasteiger partial charge in [0.05, 0.1) is 24.9 Å². The maximum Gasteiger partial charge on any atom is 0.311 e. The van der Waals surface area contributed by atoms with Gasteiger partial charge in [0.1, 0.15) is 13.2 Å². The first kappa shape index (κ1) is 23.9. The standard InChI is InChI=1S/C16H25Br4NO4/c17-6-12(7-18)15(22)24-11-14(10-21-4-2-1-3-5-21)25-16(23)13(8-19)9-20/h12-14H,1-11H2/p+1. The highest BCUT2D eigenvalue weighted by atomic mass is 79.9. The van der Waals surface area contributed by atoms with Gasteiger partial charge in [-0.25, -0.2) is 0 Å². The lowest BCUT2D eigenvalue weighted by Crippen LogP contribution is -3.14. The number of quaternary nitrogens is 1. The Kier molecular flexibility index (Phi) is 13.3. The Morgan fingerprint density at radius 1 is 0.840 bits per heavy atom. The molecule has 9 heteroatoms. The van der Waals surface area contributed by atoms with Crippen LogP contribution in [0.15, 0.2) is 0 Å². The molecule has 5 nitrogen and oxygen atoms in total. The van der Waals surface area contributed by atoms with Gasteiger partial charge in [-0.2, -0.15) is 0 Å². The van der Waals surface area contributed by atoms with Crippen molar-refractivity contribution in [1.29, 1.82) is 0 Å². The molecule has 0 spiro atoms. The topological polar surface area (TPSA) is 57.0 Å². The Morgan fingerprint density at radius 2 is 1.36 bits per heavy atom. The predicted octanol–water partition coefficient (Wildman–Crippen LogP) is 2.32. The summed E-state index contributed by atoms with van der Waals surface area (Å²) in [5, 5.41) is 2.15. The van der Waals surface area contributed by atoms with Crippen LogP contribution in [0.4, 0.5) is 0 Å². The number of rotatable bonds is 11. The van der Waals surface area contributed by atoms with Crippen molar-refractivity contribution >= 4 is 75.7 Å². The van der Waals surface area contributed by atoms with E-state index in [4.69, 9.17) is 9.47 Å². The molecule has 1 aliphatic rings. The normalized spacial score (nSPS) is 16.9. The van der Waals surface area contributed by atoms with Crippen LogP contribution in [-0.2, 0) is 19.1 Å². The molecule has 1 heterocycles. The second-order valence-corrected chi connectivity index (χ2v) is 8.80. The maximum absolute atomic E-state index is 12.3. The van der Waals surface area contributed by atoms with Crippen molar-refractivity contribution in [2.24, 2.45) is 11.8 Å². The van der Waals surface area contributed by atoms with E-state index >= 15 is 0 Å². The first-order chi connectivity index (χ1) is 12.0. The van der Waals surface area contributed by atoms with Crippen LogP contribution in [0.5, 0.6) is 0 Å². The van der Waals surface area contributed by atoms with Crippen molar-refractivity contribution in [3.8, 4) is 0 Å². The van der Waals surface area contributed by atoms with Crippen LogP contribution in [0, 0.1) is 11.8 Å². The van der Waals surface area contributed by atoms with Crippen LogP contribution < -0.4 is 4.90 Å². The number of carbonyl (C=O) groups excluding carboxylic acids is 2. The first-order valence-electron chi connectivity index (χ1n) is 8.50. The Bertz CT molecular complexity index is 400. The molecule has 0 bridgehead atoms. The number of esters is 2. The van der Waals surface area contributed by atoms with E-state index in [9.17, 15) is 9.59 Å². The highest BCUT2D eigenvalue weighted by Crippen LogP contribution is 2.12. The van der Waals surface area contributed by atoms with Gasteiger partial charge in [0.25, 0.3) is 0 Å². The fraction of sp³-hybridized carbons (Fsp3) is 0.875. The molecule has 1 saturated heterocycles.